The van der Waals surface area contributed by atoms with Gasteiger partial charge in [-0.05, 0) is 41.2 Å². The molecule has 146 valence electrons. The molecule has 0 aromatic heterocycles. The van der Waals surface area contributed by atoms with E-state index in [2.05, 4.69) is 15.9 Å². The number of benzene rings is 2. The van der Waals surface area contributed by atoms with Crippen molar-refractivity contribution >= 4 is 55.7 Å². The van der Waals surface area contributed by atoms with Crippen LogP contribution in [-0.2, 0) is 0 Å². The number of aliphatic imine (C=N–C) groups is 2. The number of halogens is 2. The van der Waals surface area contributed by atoms with E-state index in [1.165, 1.54) is 0 Å². The van der Waals surface area contributed by atoms with Crippen LogP contribution in [0.2, 0.25) is 5.02 Å². The summed E-state index contributed by atoms with van der Waals surface area (Å²) in [6.07, 6.45) is 2.01. The summed E-state index contributed by atoms with van der Waals surface area (Å²) in [6, 6.07) is 11.7. The van der Waals surface area contributed by atoms with E-state index < -0.39 is 0 Å². The van der Waals surface area contributed by atoms with Crippen molar-refractivity contribution in [2.45, 2.75) is 6.92 Å². The molecule has 0 unspecified atom stereocenters. The molecule has 1 heterocycles. The molecule has 0 radical (unpaired) electrons. The standard InChI is InChI=1S/C21H21BrClN3OS/c1-12(26(2)3)19-21(28-5)24-17-11-18(27-4)15(22)10-14(17)20(25-19)13-8-6-7-9-16(13)23/h6-11H,1-5H3. The number of fused-ring (bicyclic) bond motifs is 1. The molecule has 0 saturated carbocycles. The predicted octanol–water partition coefficient (Wildman–Crippen LogP) is 6.15. The first-order valence-corrected chi connectivity index (χ1v) is 11.0. The Bertz CT molecular complexity index is 1010. The van der Waals surface area contributed by atoms with Crippen molar-refractivity contribution < 1.29 is 4.74 Å². The molecule has 4 nitrogen and oxygen atoms in total. The monoisotopic (exact) mass is 477 g/mol. The highest BCUT2D eigenvalue weighted by Crippen LogP contribution is 2.39. The molecule has 0 amide bonds. The highest BCUT2D eigenvalue weighted by Gasteiger charge is 2.24. The van der Waals surface area contributed by atoms with E-state index in [1.807, 2.05) is 68.6 Å². The van der Waals surface area contributed by atoms with Crippen molar-refractivity contribution in [3.63, 3.8) is 0 Å². The first kappa shape index (κ1) is 21.0. The van der Waals surface area contributed by atoms with Crippen molar-refractivity contribution in [1.82, 2.24) is 4.90 Å². The molecular formula is C21H21BrClN3OS. The van der Waals surface area contributed by atoms with Gasteiger partial charge >= 0.3 is 0 Å². The van der Waals surface area contributed by atoms with Crippen molar-refractivity contribution in [3.05, 3.63) is 68.4 Å². The summed E-state index contributed by atoms with van der Waals surface area (Å²) in [6.45, 7) is 2.04. The molecule has 28 heavy (non-hydrogen) atoms. The first-order chi connectivity index (χ1) is 13.4. The maximum atomic E-state index is 6.55. The Labute approximate surface area is 183 Å². The second kappa shape index (κ2) is 8.72. The van der Waals surface area contributed by atoms with Crippen LogP contribution in [0.4, 0.5) is 5.69 Å². The summed E-state index contributed by atoms with van der Waals surface area (Å²) in [4.78, 5) is 12.1. The molecule has 0 aliphatic carbocycles. The fourth-order valence-electron chi connectivity index (χ4n) is 2.81. The van der Waals surface area contributed by atoms with Crippen LogP contribution in [0, 0.1) is 0 Å². The van der Waals surface area contributed by atoms with Crippen molar-refractivity contribution in [3.8, 4) is 5.75 Å². The number of thioether (sulfide) groups is 1. The van der Waals surface area contributed by atoms with Crippen LogP contribution in [0.15, 0.2) is 62.2 Å². The van der Waals surface area contributed by atoms with Gasteiger partial charge in [-0.25, -0.2) is 9.98 Å². The Morgan fingerprint density at radius 3 is 2.46 bits per heavy atom. The molecule has 0 atom stereocenters. The second-order valence-corrected chi connectivity index (χ2v) is 8.45. The Balaban J connectivity index is 2.41. The number of nitrogens with zero attached hydrogens (tertiary/aromatic N) is 3. The van der Waals surface area contributed by atoms with Gasteiger partial charge in [-0.2, -0.15) is 0 Å². The highest BCUT2D eigenvalue weighted by atomic mass is 79.9. The van der Waals surface area contributed by atoms with Gasteiger partial charge in [0.05, 0.1) is 23.0 Å². The van der Waals surface area contributed by atoms with E-state index in [0.29, 0.717) is 5.02 Å². The molecular weight excluding hydrogens is 458 g/mol. The number of methoxy groups -OCH3 is 1. The largest absolute Gasteiger partial charge is 0.495 e. The zero-order chi connectivity index (χ0) is 20.4. The van der Waals surface area contributed by atoms with E-state index in [-0.39, 0.29) is 0 Å². The summed E-state index contributed by atoms with van der Waals surface area (Å²) in [7, 11) is 5.65. The van der Waals surface area contributed by atoms with Crippen molar-refractivity contribution in [2.24, 2.45) is 9.98 Å². The predicted molar refractivity (Wildman–Crippen MR) is 125 cm³/mol. The second-order valence-electron chi connectivity index (χ2n) is 6.39. The maximum Gasteiger partial charge on any atom is 0.135 e. The van der Waals surface area contributed by atoms with Gasteiger partial charge < -0.3 is 9.64 Å². The first-order valence-electron chi connectivity index (χ1n) is 8.60. The van der Waals surface area contributed by atoms with Crippen LogP contribution in [0.3, 0.4) is 0 Å². The van der Waals surface area contributed by atoms with Crippen LogP contribution in [-0.4, -0.2) is 43.1 Å². The summed E-state index contributed by atoms with van der Waals surface area (Å²) in [5.41, 5.74) is 5.20. The molecule has 1 aliphatic rings. The third kappa shape index (κ3) is 4.00. The van der Waals surface area contributed by atoms with Crippen molar-refractivity contribution in [2.75, 3.05) is 27.5 Å². The molecule has 0 bridgehead atoms. The average molecular weight is 479 g/mol. The number of allylic oxidation sites excluding steroid dienone is 1. The third-order valence-corrected chi connectivity index (χ3v) is 6.13. The van der Waals surface area contributed by atoms with Gasteiger partial charge in [0.1, 0.15) is 16.5 Å². The molecule has 3 rings (SSSR count). The summed E-state index contributed by atoms with van der Waals surface area (Å²) in [5, 5.41) is 1.49. The minimum atomic E-state index is 0.647. The quantitative estimate of drug-likeness (QED) is 0.531. The van der Waals surface area contributed by atoms with E-state index >= 15 is 0 Å². The summed E-state index contributed by atoms with van der Waals surface area (Å²) >= 11 is 11.7. The molecule has 0 saturated heterocycles. The maximum absolute atomic E-state index is 6.55. The molecule has 0 fully saturated rings. The Hall–Kier alpha value is -1.76. The molecule has 0 N–H and O–H groups in total. The zero-order valence-electron chi connectivity index (χ0n) is 16.4. The van der Waals surface area contributed by atoms with Gasteiger partial charge in [0.15, 0.2) is 0 Å². The Morgan fingerprint density at radius 2 is 1.86 bits per heavy atom. The number of rotatable bonds is 3. The lowest BCUT2D eigenvalue weighted by atomic mass is 10.0. The summed E-state index contributed by atoms with van der Waals surface area (Å²) < 4.78 is 6.33. The van der Waals surface area contributed by atoms with Crippen molar-refractivity contribution in [1.29, 1.82) is 0 Å². The highest BCUT2D eigenvalue weighted by molar-refractivity contribution is 9.10. The smallest absolute Gasteiger partial charge is 0.135 e. The molecule has 7 heteroatoms. The molecule has 2 aromatic carbocycles. The fraction of sp³-hybridized carbons (Fsp3) is 0.238. The van der Waals surface area contributed by atoms with Gasteiger partial charge in [-0.1, -0.05) is 29.8 Å². The molecule has 0 spiro atoms. The third-order valence-electron chi connectivity index (χ3n) is 4.51. The average Bonchev–Trinajstić information content (AvgIpc) is 2.83. The lowest BCUT2D eigenvalue weighted by Crippen LogP contribution is -2.14. The van der Waals surface area contributed by atoms with Crippen LogP contribution < -0.4 is 4.74 Å². The van der Waals surface area contributed by atoms with E-state index in [1.54, 1.807) is 18.9 Å². The van der Waals surface area contributed by atoms with Gasteiger partial charge in [0.2, 0.25) is 0 Å². The Kier molecular flexibility index (Phi) is 6.53. The number of ether oxygens (including phenoxy) is 1. The minimum absolute atomic E-state index is 0.647. The van der Waals surface area contributed by atoms with E-state index in [9.17, 15) is 0 Å². The molecule has 1 aliphatic heterocycles. The van der Waals surface area contributed by atoms with Crippen LogP contribution >= 0.6 is 39.3 Å². The van der Waals surface area contributed by atoms with Crippen LogP contribution in [0.1, 0.15) is 18.1 Å². The lowest BCUT2D eigenvalue weighted by Gasteiger charge is -2.17. The lowest BCUT2D eigenvalue weighted by molar-refractivity contribution is 0.412. The minimum Gasteiger partial charge on any atom is -0.495 e. The fourth-order valence-corrected chi connectivity index (χ4v) is 4.12. The van der Waals surface area contributed by atoms with Gasteiger partial charge in [-0.3, -0.25) is 0 Å². The SMILES string of the molecule is COc1cc2c(cc1Br)C(c1ccccc1Cl)=NC(=C(C)N(C)C)C(SC)=N2. The zero-order valence-corrected chi connectivity index (χ0v) is 19.5. The number of hydrogen-bond acceptors (Lipinski definition) is 5. The summed E-state index contributed by atoms with van der Waals surface area (Å²) in [5.74, 6) is 0.721. The van der Waals surface area contributed by atoms with Crippen LogP contribution in [0.5, 0.6) is 5.75 Å². The van der Waals surface area contributed by atoms with E-state index in [4.69, 9.17) is 26.3 Å². The topological polar surface area (TPSA) is 37.2 Å². The normalized spacial score (nSPS) is 15.2. The van der Waals surface area contributed by atoms with Gasteiger partial charge in [-0.15, -0.1) is 11.8 Å². The number of hydrogen-bond donors (Lipinski definition) is 0. The van der Waals surface area contributed by atoms with Crippen LogP contribution in [0.25, 0.3) is 0 Å². The van der Waals surface area contributed by atoms with E-state index in [0.717, 1.165) is 49.2 Å². The Morgan fingerprint density at radius 1 is 1.14 bits per heavy atom. The molecule has 2 aromatic rings. The van der Waals surface area contributed by atoms with Gasteiger partial charge in [0.25, 0.3) is 0 Å². The van der Waals surface area contributed by atoms with Gasteiger partial charge in [0, 0.05) is 42.0 Å².